The Bertz CT molecular complexity index is 1730. The van der Waals surface area contributed by atoms with Crippen LogP contribution in [0.1, 0.15) is 43.5 Å². The lowest BCUT2D eigenvalue weighted by atomic mass is 9.81. The Morgan fingerprint density at radius 2 is 1.71 bits per heavy atom. The summed E-state index contributed by atoms with van der Waals surface area (Å²) in [6, 6.07) is 16.2. The summed E-state index contributed by atoms with van der Waals surface area (Å²) in [6.07, 6.45) is 0.826. The third-order valence-electron chi connectivity index (χ3n) is 8.88. The zero-order valence-electron chi connectivity index (χ0n) is 28.6. The van der Waals surface area contributed by atoms with Crippen molar-refractivity contribution in [3.63, 3.8) is 0 Å². The lowest BCUT2D eigenvalue weighted by molar-refractivity contribution is -0.144. The molecule has 274 valence electrons. The van der Waals surface area contributed by atoms with Crippen LogP contribution in [0.3, 0.4) is 0 Å². The monoisotopic (exact) mass is 728 g/mol. The van der Waals surface area contributed by atoms with Crippen LogP contribution < -0.4 is 21.1 Å². The molecule has 5 N–H and O–H groups in total. The van der Waals surface area contributed by atoms with Crippen LogP contribution in [-0.2, 0) is 22.2 Å². The number of hydrogen-bond acceptors (Lipinski definition) is 9. The highest BCUT2D eigenvalue weighted by Crippen LogP contribution is 2.33. The number of H-pyrrole nitrogens is 1. The number of rotatable bonds is 13. The van der Waals surface area contributed by atoms with Crippen LogP contribution in [0.2, 0.25) is 0 Å². The van der Waals surface area contributed by atoms with Crippen molar-refractivity contribution in [1.82, 2.24) is 25.1 Å². The standard InChI is InChI=1S/C36H43F3N8O3.ClH/c1-46(2)17-4-18-50-31-16-13-28(22-42-31)27-6-3-5-24(19-27)20-30(41)34(49)47(33(48)26-9-7-23(21-40)8-10-26)29-14-11-25(12-15-29)32-43-35(45-44-32)36(37,38)39;/h3,5-6,11-16,19,22-23,26,30H,4,7-10,17-18,20-21,40-41H2,1-2H3,(H,43,44,45);1H/t23?,26?,30-;/m0./s1. The molecule has 0 saturated heterocycles. The van der Waals surface area contributed by atoms with Crippen LogP contribution in [0, 0.1) is 11.8 Å². The van der Waals surface area contributed by atoms with Gasteiger partial charge in [-0.3, -0.25) is 14.7 Å². The highest BCUT2D eigenvalue weighted by atomic mass is 35.5. The van der Waals surface area contributed by atoms with E-state index >= 15 is 0 Å². The average molecular weight is 729 g/mol. The Hall–Kier alpha value is -4.37. The molecular weight excluding hydrogens is 685 g/mol. The number of aromatic amines is 1. The normalized spacial score (nSPS) is 16.7. The molecule has 1 atom stereocenters. The van der Waals surface area contributed by atoms with Gasteiger partial charge in [-0.1, -0.05) is 24.3 Å². The molecule has 1 aliphatic rings. The molecule has 1 fully saturated rings. The van der Waals surface area contributed by atoms with E-state index in [-0.39, 0.29) is 41.8 Å². The van der Waals surface area contributed by atoms with Gasteiger partial charge in [-0.2, -0.15) is 18.3 Å². The van der Waals surface area contributed by atoms with Crippen LogP contribution in [0.5, 0.6) is 5.88 Å². The van der Waals surface area contributed by atoms with Crippen molar-refractivity contribution in [2.24, 2.45) is 23.3 Å². The Labute approximate surface area is 301 Å². The summed E-state index contributed by atoms with van der Waals surface area (Å²) >= 11 is 0. The molecule has 0 aliphatic heterocycles. The lowest BCUT2D eigenvalue weighted by Gasteiger charge is -2.32. The second kappa shape index (κ2) is 17.7. The van der Waals surface area contributed by atoms with E-state index in [1.807, 2.05) is 55.6 Å². The molecule has 0 radical (unpaired) electrons. The molecular formula is C36H44ClF3N8O3. The van der Waals surface area contributed by atoms with Crippen LogP contribution in [0.4, 0.5) is 18.9 Å². The number of amides is 2. The number of aromatic nitrogens is 4. The van der Waals surface area contributed by atoms with Gasteiger partial charge >= 0.3 is 6.18 Å². The van der Waals surface area contributed by atoms with Crippen LogP contribution >= 0.6 is 12.4 Å². The van der Waals surface area contributed by atoms with Crippen molar-refractivity contribution in [3.05, 3.63) is 78.2 Å². The number of benzene rings is 2. The number of hydrogen-bond donors (Lipinski definition) is 3. The average Bonchev–Trinajstić information content (AvgIpc) is 3.62. The van der Waals surface area contributed by atoms with Crippen molar-refractivity contribution in [1.29, 1.82) is 0 Å². The van der Waals surface area contributed by atoms with E-state index in [0.717, 1.165) is 47.4 Å². The van der Waals surface area contributed by atoms with Crippen molar-refractivity contribution < 1.29 is 27.5 Å². The van der Waals surface area contributed by atoms with E-state index in [2.05, 4.69) is 20.0 Å². The predicted octanol–water partition coefficient (Wildman–Crippen LogP) is 5.50. The fourth-order valence-corrected chi connectivity index (χ4v) is 6.05. The van der Waals surface area contributed by atoms with Gasteiger partial charge in [-0.05, 0) is 107 Å². The first-order chi connectivity index (χ1) is 23.9. The highest BCUT2D eigenvalue weighted by Gasteiger charge is 2.36. The van der Waals surface area contributed by atoms with Gasteiger partial charge in [0, 0.05) is 35.9 Å². The maximum absolute atomic E-state index is 14.0. The molecule has 0 unspecified atom stereocenters. The summed E-state index contributed by atoms with van der Waals surface area (Å²) in [6.45, 7) is 2.02. The Morgan fingerprint density at radius 1 is 1.00 bits per heavy atom. The summed E-state index contributed by atoms with van der Waals surface area (Å²) in [5.74, 6) is -1.86. The zero-order chi connectivity index (χ0) is 35.8. The maximum atomic E-state index is 14.0. The van der Waals surface area contributed by atoms with Crippen molar-refractivity contribution in [3.8, 4) is 28.4 Å². The zero-order valence-corrected chi connectivity index (χ0v) is 29.4. The van der Waals surface area contributed by atoms with E-state index in [9.17, 15) is 22.8 Å². The molecule has 2 heterocycles. The first-order valence-corrected chi connectivity index (χ1v) is 16.7. The molecule has 15 heteroatoms. The number of nitrogens with two attached hydrogens (primary N) is 2. The van der Waals surface area contributed by atoms with Gasteiger partial charge in [0.15, 0.2) is 5.82 Å². The van der Waals surface area contributed by atoms with Crippen LogP contribution in [0.25, 0.3) is 22.5 Å². The highest BCUT2D eigenvalue weighted by molar-refractivity contribution is 6.17. The SMILES string of the molecule is CN(C)CCCOc1ccc(-c2cccc(C[C@H](N)C(=O)N(C(=O)C3CCC(CN)CC3)c3ccc(-c4n[nH]c(C(F)(F)F)n4)cc3)c2)cn1.Cl. The van der Waals surface area contributed by atoms with Crippen LogP contribution in [0.15, 0.2) is 66.9 Å². The number of nitrogens with zero attached hydrogens (tertiary/aromatic N) is 5. The van der Waals surface area contributed by atoms with Gasteiger partial charge in [-0.25, -0.2) is 14.9 Å². The molecule has 4 aromatic rings. The summed E-state index contributed by atoms with van der Waals surface area (Å²) in [5.41, 5.74) is 15.5. The molecule has 2 aromatic heterocycles. The van der Waals surface area contributed by atoms with E-state index in [4.69, 9.17) is 16.2 Å². The van der Waals surface area contributed by atoms with Crippen molar-refractivity contribution in [2.45, 2.75) is 50.7 Å². The van der Waals surface area contributed by atoms with Crippen molar-refractivity contribution >= 4 is 29.9 Å². The van der Waals surface area contributed by atoms with E-state index in [1.165, 1.54) is 24.3 Å². The number of imide groups is 1. The second-order valence-corrected chi connectivity index (χ2v) is 12.9. The van der Waals surface area contributed by atoms with Gasteiger partial charge in [-0.15, -0.1) is 12.4 Å². The van der Waals surface area contributed by atoms with Gasteiger partial charge in [0.1, 0.15) is 0 Å². The molecule has 5 rings (SSSR count). The number of alkyl halides is 3. The number of pyridine rings is 1. The third-order valence-corrected chi connectivity index (χ3v) is 8.88. The quantitative estimate of drug-likeness (QED) is 0.151. The molecule has 0 bridgehead atoms. The predicted molar refractivity (Wildman–Crippen MR) is 191 cm³/mol. The minimum atomic E-state index is -4.68. The van der Waals surface area contributed by atoms with Crippen LogP contribution in [-0.4, -0.2) is 76.7 Å². The second-order valence-electron chi connectivity index (χ2n) is 12.9. The number of halogens is 4. The summed E-state index contributed by atoms with van der Waals surface area (Å²) in [4.78, 5) is 39.2. The molecule has 51 heavy (non-hydrogen) atoms. The molecule has 0 spiro atoms. The minimum absolute atomic E-state index is 0. The molecule has 1 aliphatic carbocycles. The summed E-state index contributed by atoms with van der Waals surface area (Å²) in [5, 5.41) is 5.57. The fourth-order valence-electron chi connectivity index (χ4n) is 6.05. The first-order valence-electron chi connectivity index (χ1n) is 16.7. The molecule has 11 nitrogen and oxygen atoms in total. The van der Waals surface area contributed by atoms with E-state index in [0.29, 0.717) is 37.8 Å². The van der Waals surface area contributed by atoms with E-state index in [1.54, 1.807) is 6.20 Å². The number of carbonyl (C=O) groups is 2. The number of nitrogens with one attached hydrogen (secondary N) is 1. The topological polar surface area (TPSA) is 156 Å². The van der Waals surface area contributed by atoms with E-state index < -0.39 is 29.9 Å². The minimum Gasteiger partial charge on any atom is -0.478 e. The lowest BCUT2D eigenvalue weighted by Crippen LogP contribution is -2.50. The fraction of sp³-hybridized carbons (Fsp3) is 0.417. The first kappa shape index (κ1) is 39.4. The van der Waals surface area contributed by atoms with Gasteiger partial charge in [0.2, 0.25) is 17.6 Å². The van der Waals surface area contributed by atoms with Crippen molar-refractivity contribution in [2.75, 3.05) is 38.7 Å². The number of ether oxygens (including phenoxy) is 1. The largest absolute Gasteiger partial charge is 0.478 e. The van der Waals surface area contributed by atoms with Gasteiger partial charge in [0.25, 0.3) is 5.91 Å². The molecule has 2 amide bonds. The van der Waals surface area contributed by atoms with Gasteiger partial charge in [0.05, 0.1) is 18.3 Å². The molecule has 1 saturated carbocycles. The number of carbonyl (C=O) groups excluding carboxylic acids is 2. The Kier molecular flexibility index (Phi) is 13.7. The summed E-state index contributed by atoms with van der Waals surface area (Å²) < 4.78 is 44.9. The maximum Gasteiger partial charge on any atom is 0.451 e. The third kappa shape index (κ3) is 10.3. The smallest absolute Gasteiger partial charge is 0.451 e. The Balaban J connectivity index is 0.00000583. The Morgan fingerprint density at radius 3 is 2.31 bits per heavy atom. The summed E-state index contributed by atoms with van der Waals surface area (Å²) in [7, 11) is 4.02. The number of anilines is 1. The molecule has 2 aromatic carbocycles. The van der Waals surface area contributed by atoms with Gasteiger partial charge < -0.3 is 21.1 Å².